The summed E-state index contributed by atoms with van der Waals surface area (Å²) in [6.45, 7) is 2.68. The highest BCUT2D eigenvalue weighted by atomic mass is 16.5. The van der Waals surface area contributed by atoms with Crippen LogP contribution in [-0.2, 0) is 6.54 Å². The van der Waals surface area contributed by atoms with Gasteiger partial charge in [-0.3, -0.25) is 0 Å². The van der Waals surface area contributed by atoms with E-state index in [9.17, 15) is 0 Å². The van der Waals surface area contributed by atoms with Gasteiger partial charge in [0.05, 0.1) is 26.1 Å². The lowest BCUT2D eigenvalue weighted by Crippen LogP contribution is -2.06. The van der Waals surface area contributed by atoms with Crippen molar-refractivity contribution >= 4 is 17.5 Å². The smallest absolute Gasteiger partial charge is 0.244 e. The quantitative estimate of drug-likeness (QED) is 0.673. The number of benzene rings is 2. The number of nitrogens with one attached hydrogen (secondary N) is 2. The molecule has 0 radical (unpaired) electrons. The molecule has 0 aliphatic heterocycles. The standard InChI is InChI=1S/C19H21N5O2/c1-13-5-4-6-14(9-13)11-20-19-23-18(12-21-24-19)22-16-10-15(25-2)7-8-17(16)26-3/h4-10,12H,11H2,1-3H3,(H2,20,22,23,24). The second-order valence-electron chi connectivity index (χ2n) is 5.70. The third kappa shape index (κ3) is 4.38. The second-order valence-corrected chi connectivity index (χ2v) is 5.70. The van der Waals surface area contributed by atoms with Crippen LogP contribution in [0.3, 0.4) is 0 Å². The van der Waals surface area contributed by atoms with Crippen LogP contribution in [0.15, 0.2) is 48.7 Å². The van der Waals surface area contributed by atoms with Crippen molar-refractivity contribution in [2.45, 2.75) is 13.5 Å². The summed E-state index contributed by atoms with van der Waals surface area (Å²) in [7, 11) is 3.23. The molecule has 3 rings (SSSR count). The fourth-order valence-corrected chi connectivity index (χ4v) is 2.49. The first-order chi connectivity index (χ1) is 12.7. The van der Waals surface area contributed by atoms with Gasteiger partial charge >= 0.3 is 0 Å². The van der Waals surface area contributed by atoms with Crippen LogP contribution in [0.5, 0.6) is 11.5 Å². The van der Waals surface area contributed by atoms with Crippen molar-refractivity contribution in [3.63, 3.8) is 0 Å². The summed E-state index contributed by atoms with van der Waals surface area (Å²) in [5, 5.41) is 14.4. The summed E-state index contributed by atoms with van der Waals surface area (Å²) < 4.78 is 10.6. The third-order valence-corrected chi connectivity index (χ3v) is 3.76. The van der Waals surface area contributed by atoms with Gasteiger partial charge in [0.1, 0.15) is 11.5 Å². The first-order valence-electron chi connectivity index (χ1n) is 8.16. The predicted molar refractivity (Wildman–Crippen MR) is 101 cm³/mol. The van der Waals surface area contributed by atoms with Gasteiger partial charge in [-0.15, -0.1) is 5.10 Å². The Bertz CT molecular complexity index is 885. The van der Waals surface area contributed by atoms with Gasteiger partial charge in [0, 0.05) is 12.6 Å². The zero-order chi connectivity index (χ0) is 18.4. The number of hydrogen-bond donors (Lipinski definition) is 2. The predicted octanol–water partition coefficient (Wildman–Crippen LogP) is 3.55. The van der Waals surface area contributed by atoms with Gasteiger partial charge in [-0.25, -0.2) is 0 Å². The Morgan fingerprint density at radius 3 is 2.69 bits per heavy atom. The van der Waals surface area contributed by atoms with E-state index < -0.39 is 0 Å². The molecule has 134 valence electrons. The van der Waals surface area contributed by atoms with Crippen molar-refractivity contribution in [2.24, 2.45) is 0 Å². The van der Waals surface area contributed by atoms with Gasteiger partial charge in [-0.1, -0.05) is 29.8 Å². The molecular formula is C19H21N5O2. The minimum atomic E-state index is 0.443. The number of nitrogens with zero attached hydrogens (tertiary/aromatic N) is 3. The summed E-state index contributed by atoms with van der Waals surface area (Å²) in [6, 6.07) is 13.7. The molecule has 0 saturated heterocycles. The molecule has 0 atom stereocenters. The maximum Gasteiger partial charge on any atom is 0.244 e. The highest BCUT2D eigenvalue weighted by molar-refractivity contribution is 5.66. The van der Waals surface area contributed by atoms with Crippen molar-refractivity contribution in [3.8, 4) is 11.5 Å². The molecule has 0 spiro atoms. The van der Waals surface area contributed by atoms with Gasteiger partial charge in [-0.2, -0.15) is 10.1 Å². The van der Waals surface area contributed by atoms with E-state index in [1.165, 1.54) is 5.56 Å². The molecule has 2 N–H and O–H groups in total. The summed E-state index contributed by atoms with van der Waals surface area (Å²) in [6.07, 6.45) is 1.55. The molecular weight excluding hydrogens is 330 g/mol. The molecule has 0 aliphatic carbocycles. The van der Waals surface area contributed by atoms with Gasteiger partial charge < -0.3 is 20.1 Å². The third-order valence-electron chi connectivity index (χ3n) is 3.76. The number of anilines is 3. The molecule has 0 unspecified atom stereocenters. The Labute approximate surface area is 152 Å². The van der Waals surface area contributed by atoms with Crippen LogP contribution in [0.25, 0.3) is 0 Å². The second kappa shape index (κ2) is 8.15. The van der Waals surface area contributed by atoms with Crippen molar-refractivity contribution < 1.29 is 9.47 Å². The summed E-state index contributed by atoms with van der Waals surface area (Å²) in [5.41, 5.74) is 3.10. The van der Waals surface area contributed by atoms with E-state index in [0.717, 1.165) is 11.3 Å². The molecule has 0 bridgehead atoms. The van der Waals surface area contributed by atoms with E-state index in [2.05, 4.69) is 50.9 Å². The largest absolute Gasteiger partial charge is 0.497 e. The molecule has 7 nitrogen and oxygen atoms in total. The van der Waals surface area contributed by atoms with Crippen LogP contribution in [0, 0.1) is 6.92 Å². The first kappa shape index (κ1) is 17.5. The topological polar surface area (TPSA) is 81.2 Å². The zero-order valence-corrected chi connectivity index (χ0v) is 15.0. The minimum Gasteiger partial charge on any atom is -0.497 e. The van der Waals surface area contributed by atoms with Crippen LogP contribution < -0.4 is 20.1 Å². The Kier molecular flexibility index (Phi) is 5.48. The summed E-state index contributed by atoms with van der Waals surface area (Å²) >= 11 is 0. The zero-order valence-electron chi connectivity index (χ0n) is 15.0. The van der Waals surface area contributed by atoms with E-state index >= 15 is 0 Å². The normalized spacial score (nSPS) is 10.3. The van der Waals surface area contributed by atoms with Crippen molar-refractivity contribution in [1.29, 1.82) is 0 Å². The molecule has 0 saturated carbocycles. The molecule has 2 aromatic carbocycles. The molecule has 1 heterocycles. The van der Waals surface area contributed by atoms with Crippen LogP contribution in [0.1, 0.15) is 11.1 Å². The molecule has 3 aromatic rings. The molecule has 0 amide bonds. The maximum atomic E-state index is 5.37. The summed E-state index contributed by atoms with van der Waals surface area (Å²) in [5.74, 6) is 2.39. The maximum absolute atomic E-state index is 5.37. The number of ether oxygens (including phenoxy) is 2. The molecule has 1 aromatic heterocycles. The SMILES string of the molecule is COc1ccc(OC)c(Nc2cnnc(NCc3cccc(C)c3)n2)c1. The van der Waals surface area contributed by atoms with E-state index in [0.29, 0.717) is 29.8 Å². The minimum absolute atomic E-state index is 0.443. The number of aryl methyl sites for hydroxylation is 1. The average molecular weight is 351 g/mol. The van der Waals surface area contributed by atoms with E-state index in [1.807, 2.05) is 24.3 Å². The lowest BCUT2D eigenvalue weighted by Gasteiger charge is -2.12. The lowest BCUT2D eigenvalue weighted by atomic mass is 10.1. The van der Waals surface area contributed by atoms with Crippen LogP contribution in [0.2, 0.25) is 0 Å². The number of aromatic nitrogens is 3. The van der Waals surface area contributed by atoms with Crippen LogP contribution >= 0.6 is 0 Å². The molecule has 0 aliphatic rings. The molecule has 26 heavy (non-hydrogen) atoms. The van der Waals surface area contributed by atoms with Gasteiger partial charge in [0.15, 0.2) is 5.82 Å². The highest BCUT2D eigenvalue weighted by Crippen LogP contribution is 2.30. The van der Waals surface area contributed by atoms with Crippen molar-refractivity contribution in [3.05, 3.63) is 59.8 Å². The highest BCUT2D eigenvalue weighted by Gasteiger charge is 2.08. The van der Waals surface area contributed by atoms with Gasteiger partial charge in [0.2, 0.25) is 5.95 Å². The number of hydrogen-bond acceptors (Lipinski definition) is 7. The number of methoxy groups -OCH3 is 2. The first-order valence-corrected chi connectivity index (χ1v) is 8.16. The number of rotatable bonds is 7. The Morgan fingerprint density at radius 1 is 1.04 bits per heavy atom. The van der Waals surface area contributed by atoms with E-state index in [4.69, 9.17) is 9.47 Å². The fraction of sp³-hybridized carbons (Fsp3) is 0.211. The van der Waals surface area contributed by atoms with Gasteiger partial charge in [0.25, 0.3) is 0 Å². The van der Waals surface area contributed by atoms with Gasteiger partial charge in [-0.05, 0) is 24.6 Å². The van der Waals surface area contributed by atoms with E-state index in [-0.39, 0.29) is 0 Å². The average Bonchev–Trinajstić information content (AvgIpc) is 2.67. The Balaban J connectivity index is 1.73. The lowest BCUT2D eigenvalue weighted by molar-refractivity contribution is 0.405. The van der Waals surface area contributed by atoms with Crippen LogP contribution in [0.4, 0.5) is 17.5 Å². The van der Waals surface area contributed by atoms with Crippen LogP contribution in [-0.4, -0.2) is 29.4 Å². The Hall–Kier alpha value is -3.35. The Morgan fingerprint density at radius 2 is 1.92 bits per heavy atom. The van der Waals surface area contributed by atoms with Crippen molar-refractivity contribution in [1.82, 2.24) is 15.2 Å². The monoisotopic (exact) mass is 351 g/mol. The fourth-order valence-electron chi connectivity index (χ4n) is 2.49. The molecule has 7 heteroatoms. The molecule has 0 fully saturated rings. The summed E-state index contributed by atoms with van der Waals surface area (Å²) in [4.78, 5) is 4.44. The van der Waals surface area contributed by atoms with E-state index in [1.54, 1.807) is 20.4 Å². The van der Waals surface area contributed by atoms with Crippen molar-refractivity contribution in [2.75, 3.05) is 24.9 Å².